The molecule has 0 radical (unpaired) electrons. The normalized spacial score (nSPS) is 26.7. The number of anilines is 1. The van der Waals surface area contributed by atoms with Crippen LogP contribution in [-0.2, 0) is 0 Å². The van der Waals surface area contributed by atoms with Gasteiger partial charge in [-0.1, -0.05) is 0 Å². The Bertz CT molecular complexity index is 336. The van der Waals surface area contributed by atoms with Crippen molar-refractivity contribution in [2.45, 2.75) is 31.8 Å². The van der Waals surface area contributed by atoms with Crippen LogP contribution in [0.4, 0.5) is 5.69 Å². The van der Waals surface area contributed by atoms with Crippen molar-refractivity contribution in [1.82, 2.24) is 4.90 Å². The van der Waals surface area contributed by atoms with Crippen molar-refractivity contribution in [2.75, 3.05) is 18.9 Å². The predicted molar refractivity (Wildman–Crippen MR) is 77.9 cm³/mol. The molecule has 1 saturated heterocycles. The largest absolute Gasteiger partial charge is 0.382 e. The fourth-order valence-electron chi connectivity index (χ4n) is 2.20. The Morgan fingerprint density at radius 2 is 2.00 bits per heavy atom. The number of hydrogen-bond donors (Lipinski definition) is 1. The molecule has 2 unspecified atom stereocenters. The molecule has 1 aliphatic heterocycles. The Morgan fingerprint density at radius 1 is 1.31 bits per heavy atom. The highest BCUT2D eigenvalue weighted by molar-refractivity contribution is 14.1. The first-order valence-corrected chi connectivity index (χ1v) is 6.95. The second-order valence-electron chi connectivity index (χ2n) is 4.70. The fourth-order valence-corrected chi connectivity index (χ4v) is 2.56. The quantitative estimate of drug-likeness (QED) is 0.838. The third kappa shape index (κ3) is 3.10. The minimum atomic E-state index is 0.631. The van der Waals surface area contributed by atoms with Crippen molar-refractivity contribution < 1.29 is 0 Å². The van der Waals surface area contributed by atoms with Crippen LogP contribution in [0.15, 0.2) is 24.3 Å². The molecule has 1 aromatic rings. The van der Waals surface area contributed by atoms with Crippen molar-refractivity contribution in [3.63, 3.8) is 0 Å². The first-order chi connectivity index (χ1) is 7.65. The molecule has 1 heterocycles. The summed E-state index contributed by atoms with van der Waals surface area (Å²) in [6.45, 7) is 3.50. The van der Waals surface area contributed by atoms with Gasteiger partial charge in [-0.25, -0.2) is 0 Å². The molecular weight excluding hydrogens is 311 g/mol. The number of benzene rings is 1. The minimum absolute atomic E-state index is 0.631. The van der Waals surface area contributed by atoms with Gasteiger partial charge in [-0.3, -0.25) is 0 Å². The molecule has 1 aliphatic rings. The number of likely N-dealkylation sites (tertiary alicyclic amines) is 1. The van der Waals surface area contributed by atoms with Crippen LogP contribution in [0.2, 0.25) is 0 Å². The van der Waals surface area contributed by atoms with Crippen molar-refractivity contribution in [3.05, 3.63) is 27.8 Å². The maximum absolute atomic E-state index is 3.63. The predicted octanol–water partition coefficient (Wildman–Crippen LogP) is 3.19. The molecule has 16 heavy (non-hydrogen) atoms. The number of nitrogens with one attached hydrogen (secondary N) is 1. The minimum Gasteiger partial charge on any atom is -0.382 e. The molecule has 2 atom stereocenters. The lowest BCUT2D eigenvalue weighted by molar-refractivity contribution is 0.190. The van der Waals surface area contributed by atoms with Gasteiger partial charge in [-0.2, -0.15) is 0 Å². The van der Waals surface area contributed by atoms with E-state index in [1.165, 1.54) is 28.6 Å². The van der Waals surface area contributed by atoms with Gasteiger partial charge in [0.05, 0.1) is 0 Å². The van der Waals surface area contributed by atoms with Crippen LogP contribution >= 0.6 is 22.6 Å². The Kier molecular flexibility index (Phi) is 4.08. The van der Waals surface area contributed by atoms with E-state index in [-0.39, 0.29) is 0 Å². The summed E-state index contributed by atoms with van der Waals surface area (Å²) in [4.78, 5) is 2.44. The SMILES string of the molecule is CC1CC(Nc2ccc(I)cc2)CCN1C. The number of halogens is 1. The third-order valence-corrected chi connectivity index (χ3v) is 4.14. The average Bonchev–Trinajstić information content (AvgIpc) is 2.27. The first-order valence-electron chi connectivity index (χ1n) is 5.87. The van der Waals surface area contributed by atoms with Crippen molar-refractivity contribution in [1.29, 1.82) is 0 Å². The number of nitrogens with zero attached hydrogens (tertiary/aromatic N) is 1. The van der Waals surface area contributed by atoms with E-state index in [4.69, 9.17) is 0 Å². The van der Waals surface area contributed by atoms with E-state index in [1.54, 1.807) is 0 Å². The van der Waals surface area contributed by atoms with E-state index in [1.807, 2.05) is 0 Å². The highest BCUT2D eigenvalue weighted by atomic mass is 127. The van der Waals surface area contributed by atoms with Gasteiger partial charge in [0.1, 0.15) is 0 Å². The molecule has 0 saturated carbocycles. The highest BCUT2D eigenvalue weighted by Gasteiger charge is 2.22. The summed E-state index contributed by atoms with van der Waals surface area (Å²) in [5.74, 6) is 0. The molecule has 2 nitrogen and oxygen atoms in total. The monoisotopic (exact) mass is 330 g/mol. The third-order valence-electron chi connectivity index (χ3n) is 3.42. The summed E-state index contributed by atoms with van der Waals surface area (Å²) in [5.41, 5.74) is 1.25. The maximum atomic E-state index is 3.63. The van der Waals surface area contributed by atoms with E-state index >= 15 is 0 Å². The van der Waals surface area contributed by atoms with Crippen LogP contribution in [0.25, 0.3) is 0 Å². The first kappa shape index (κ1) is 12.2. The van der Waals surface area contributed by atoms with Gasteiger partial charge in [-0.15, -0.1) is 0 Å². The Balaban J connectivity index is 1.93. The molecule has 0 amide bonds. The molecule has 0 aromatic heterocycles. The molecule has 0 aliphatic carbocycles. The second-order valence-corrected chi connectivity index (χ2v) is 5.95. The Hall–Kier alpha value is -0.290. The zero-order valence-electron chi connectivity index (χ0n) is 9.91. The van der Waals surface area contributed by atoms with Crippen LogP contribution < -0.4 is 5.32 Å². The van der Waals surface area contributed by atoms with Gasteiger partial charge in [0, 0.05) is 27.9 Å². The lowest BCUT2D eigenvalue weighted by Crippen LogP contribution is -2.42. The van der Waals surface area contributed by atoms with Crippen LogP contribution in [-0.4, -0.2) is 30.6 Å². The second kappa shape index (κ2) is 5.36. The molecule has 0 bridgehead atoms. The zero-order chi connectivity index (χ0) is 11.5. The average molecular weight is 330 g/mol. The smallest absolute Gasteiger partial charge is 0.0343 e. The summed E-state index contributed by atoms with van der Waals surface area (Å²) in [7, 11) is 2.21. The zero-order valence-corrected chi connectivity index (χ0v) is 12.1. The molecule has 1 fully saturated rings. The number of rotatable bonds is 2. The van der Waals surface area contributed by atoms with Crippen LogP contribution in [0.3, 0.4) is 0 Å². The van der Waals surface area contributed by atoms with Crippen molar-refractivity contribution in [3.8, 4) is 0 Å². The van der Waals surface area contributed by atoms with Gasteiger partial charge in [-0.05, 0) is 73.7 Å². The topological polar surface area (TPSA) is 15.3 Å². The van der Waals surface area contributed by atoms with Gasteiger partial charge in [0.15, 0.2) is 0 Å². The summed E-state index contributed by atoms with van der Waals surface area (Å²) in [6.07, 6.45) is 2.48. The van der Waals surface area contributed by atoms with Crippen LogP contribution in [0.5, 0.6) is 0 Å². The van der Waals surface area contributed by atoms with E-state index in [9.17, 15) is 0 Å². The van der Waals surface area contributed by atoms with E-state index in [2.05, 4.69) is 71.0 Å². The molecule has 2 rings (SSSR count). The van der Waals surface area contributed by atoms with Gasteiger partial charge in [0.2, 0.25) is 0 Å². The lowest BCUT2D eigenvalue weighted by atomic mass is 9.99. The summed E-state index contributed by atoms with van der Waals surface area (Å²) in [6, 6.07) is 9.97. The highest BCUT2D eigenvalue weighted by Crippen LogP contribution is 2.20. The van der Waals surface area contributed by atoms with E-state index in [0.717, 1.165) is 0 Å². The molecule has 1 aromatic carbocycles. The maximum Gasteiger partial charge on any atom is 0.0343 e. The van der Waals surface area contributed by atoms with E-state index < -0.39 is 0 Å². The summed E-state index contributed by atoms with van der Waals surface area (Å²) >= 11 is 2.34. The Morgan fingerprint density at radius 3 is 2.62 bits per heavy atom. The molecule has 3 heteroatoms. The molecule has 0 spiro atoms. The van der Waals surface area contributed by atoms with Crippen LogP contribution in [0.1, 0.15) is 19.8 Å². The van der Waals surface area contributed by atoms with Gasteiger partial charge in [0.25, 0.3) is 0 Å². The summed E-state index contributed by atoms with van der Waals surface area (Å²) < 4.78 is 1.29. The molecular formula is C13H19IN2. The van der Waals surface area contributed by atoms with Crippen molar-refractivity contribution in [2.24, 2.45) is 0 Å². The molecule has 88 valence electrons. The lowest BCUT2D eigenvalue weighted by Gasteiger charge is -2.35. The summed E-state index contributed by atoms with van der Waals surface area (Å²) in [5, 5.41) is 3.63. The van der Waals surface area contributed by atoms with Crippen LogP contribution in [0, 0.1) is 3.57 Å². The van der Waals surface area contributed by atoms with Crippen molar-refractivity contribution >= 4 is 28.3 Å². The van der Waals surface area contributed by atoms with Gasteiger partial charge < -0.3 is 10.2 Å². The number of piperidine rings is 1. The van der Waals surface area contributed by atoms with E-state index in [0.29, 0.717) is 12.1 Å². The Labute approximate surface area is 112 Å². The fraction of sp³-hybridized carbons (Fsp3) is 0.538. The van der Waals surface area contributed by atoms with Gasteiger partial charge >= 0.3 is 0 Å². The standard InChI is InChI=1S/C13H19IN2/c1-10-9-13(7-8-16(10)2)15-12-5-3-11(14)4-6-12/h3-6,10,13,15H,7-9H2,1-2H3. The number of hydrogen-bond acceptors (Lipinski definition) is 2. The molecule has 1 N–H and O–H groups in total.